The molecular formula is C28H32N2O3. The number of likely N-dealkylation sites (N-methyl/N-ethyl adjacent to an activating group) is 1. The van der Waals surface area contributed by atoms with Crippen LogP contribution in [0.2, 0.25) is 0 Å². The van der Waals surface area contributed by atoms with E-state index in [1.807, 2.05) is 6.07 Å². The maximum atomic E-state index is 12.5. The van der Waals surface area contributed by atoms with E-state index < -0.39 is 11.0 Å². The summed E-state index contributed by atoms with van der Waals surface area (Å²) in [6, 6.07) is 14.4. The second-order valence-corrected chi connectivity index (χ2v) is 10.9. The van der Waals surface area contributed by atoms with E-state index in [4.69, 9.17) is 4.74 Å². The van der Waals surface area contributed by atoms with Gasteiger partial charge in [0.2, 0.25) is 0 Å². The van der Waals surface area contributed by atoms with Gasteiger partial charge in [0, 0.05) is 31.7 Å². The third kappa shape index (κ3) is 2.61. The molecule has 5 heteroatoms. The summed E-state index contributed by atoms with van der Waals surface area (Å²) in [7, 11) is 2.12. The van der Waals surface area contributed by atoms with E-state index in [0.29, 0.717) is 12.2 Å². The third-order valence-electron chi connectivity index (χ3n) is 9.11. The summed E-state index contributed by atoms with van der Waals surface area (Å²) in [4.78, 5) is 4.84. The van der Waals surface area contributed by atoms with Crippen LogP contribution in [-0.2, 0) is 18.4 Å². The molecule has 1 spiro atoms. The van der Waals surface area contributed by atoms with Gasteiger partial charge in [0.15, 0.2) is 17.6 Å². The minimum absolute atomic E-state index is 0.0955. The molecule has 2 N–H and O–H groups in total. The summed E-state index contributed by atoms with van der Waals surface area (Å²) in [5, 5.41) is 23.3. The summed E-state index contributed by atoms with van der Waals surface area (Å²) in [5.74, 6) is 1.59. The van der Waals surface area contributed by atoms with Crippen LogP contribution in [0.3, 0.4) is 0 Å². The lowest BCUT2D eigenvalue weighted by Gasteiger charge is -2.63. The van der Waals surface area contributed by atoms with Gasteiger partial charge in [-0.05, 0) is 61.8 Å². The normalized spacial score (nSPS) is 33.8. The second-order valence-electron chi connectivity index (χ2n) is 10.9. The van der Waals surface area contributed by atoms with Crippen LogP contribution >= 0.6 is 0 Å². The summed E-state index contributed by atoms with van der Waals surface area (Å²) in [6.45, 7) is 2.86. The van der Waals surface area contributed by atoms with Gasteiger partial charge in [-0.1, -0.05) is 42.5 Å². The quantitative estimate of drug-likeness (QED) is 0.738. The molecule has 2 fully saturated rings. The molecule has 2 aromatic rings. The maximum absolute atomic E-state index is 12.5. The summed E-state index contributed by atoms with van der Waals surface area (Å²) >= 11 is 0. The van der Waals surface area contributed by atoms with Crippen molar-refractivity contribution in [2.75, 3.05) is 20.1 Å². The van der Waals surface area contributed by atoms with Crippen LogP contribution in [0.15, 0.2) is 54.2 Å². The van der Waals surface area contributed by atoms with Gasteiger partial charge in [-0.25, -0.2) is 0 Å². The molecule has 4 atom stereocenters. The van der Waals surface area contributed by atoms with Crippen molar-refractivity contribution < 1.29 is 14.9 Å². The largest absolute Gasteiger partial charge is 0.504 e. The van der Waals surface area contributed by atoms with E-state index in [1.165, 1.54) is 24.0 Å². The van der Waals surface area contributed by atoms with Crippen LogP contribution in [0.4, 0.5) is 0 Å². The van der Waals surface area contributed by atoms with Gasteiger partial charge >= 0.3 is 0 Å². The van der Waals surface area contributed by atoms with E-state index in [9.17, 15) is 10.2 Å². The summed E-state index contributed by atoms with van der Waals surface area (Å²) in [6.07, 6.45) is 6.89. The number of hydrogen-bond acceptors (Lipinski definition) is 5. The van der Waals surface area contributed by atoms with Gasteiger partial charge in [0.05, 0.1) is 16.7 Å². The number of phenolic OH excluding ortho intramolecular Hbond substituents is 1. The minimum atomic E-state index is -0.881. The van der Waals surface area contributed by atoms with Crippen LogP contribution in [-0.4, -0.2) is 57.9 Å². The second kappa shape index (κ2) is 6.77. The van der Waals surface area contributed by atoms with E-state index in [0.717, 1.165) is 49.7 Å². The number of aromatic hydroxyl groups is 1. The average Bonchev–Trinajstić information content (AvgIpc) is 3.55. The topological polar surface area (TPSA) is 56.2 Å². The molecule has 2 heterocycles. The molecule has 1 unspecified atom stereocenters. The number of hydrogen-bond donors (Lipinski definition) is 2. The molecule has 172 valence electrons. The number of rotatable bonds is 5. The zero-order chi connectivity index (χ0) is 22.4. The van der Waals surface area contributed by atoms with Gasteiger partial charge in [-0.2, -0.15) is 0 Å². The zero-order valence-corrected chi connectivity index (χ0v) is 19.2. The molecule has 7 rings (SSSR count). The van der Waals surface area contributed by atoms with E-state index in [1.54, 1.807) is 6.07 Å². The summed E-state index contributed by atoms with van der Waals surface area (Å²) in [5.41, 5.74) is 3.31. The molecule has 5 aliphatic rings. The predicted molar refractivity (Wildman–Crippen MR) is 126 cm³/mol. The number of phenols is 1. The van der Waals surface area contributed by atoms with Crippen LogP contribution in [0.25, 0.3) is 0 Å². The van der Waals surface area contributed by atoms with Crippen molar-refractivity contribution in [3.05, 3.63) is 70.9 Å². The number of likely N-dealkylation sites (tertiary alicyclic amines) is 1. The van der Waals surface area contributed by atoms with Crippen LogP contribution in [0.5, 0.6) is 11.5 Å². The fourth-order valence-electron chi connectivity index (χ4n) is 7.39. The lowest BCUT2D eigenvalue weighted by Crippen LogP contribution is -2.75. The van der Waals surface area contributed by atoms with Gasteiger partial charge in [-0.3, -0.25) is 4.90 Å². The zero-order valence-electron chi connectivity index (χ0n) is 19.2. The van der Waals surface area contributed by atoms with Gasteiger partial charge in [-0.15, -0.1) is 0 Å². The Labute approximate surface area is 195 Å². The predicted octanol–water partition coefficient (Wildman–Crippen LogP) is 3.58. The summed E-state index contributed by atoms with van der Waals surface area (Å²) < 4.78 is 6.64. The lowest BCUT2D eigenvalue weighted by atomic mass is 9.50. The van der Waals surface area contributed by atoms with Crippen molar-refractivity contribution in [2.24, 2.45) is 5.92 Å². The first-order valence-electron chi connectivity index (χ1n) is 12.4. The van der Waals surface area contributed by atoms with Crippen LogP contribution in [0.1, 0.15) is 42.4 Å². The first-order chi connectivity index (χ1) is 16.0. The van der Waals surface area contributed by atoms with Crippen molar-refractivity contribution in [2.45, 2.75) is 61.8 Å². The molecule has 33 heavy (non-hydrogen) atoms. The minimum Gasteiger partial charge on any atom is -0.504 e. The van der Waals surface area contributed by atoms with Gasteiger partial charge in [0.1, 0.15) is 0 Å². The van der Waals surface area contributed by atoms with E-state index >= 15 is 0 Å². The van der Waals surface area contributed by atoms with E-state index in [-0.39, 0.29) is 17.9 Å². The average molecular weight is 445 g/mol. The van der Waals surface area contributed by atoms with Crippen LogP contribution < -0.4 is 4.74 Å². The molecular weight excluding hydrogens is 412 g/mol. The Morgan fingerprint density at radius 2 is 1.97 bits per heavy atom. The molecule has 5 nitrogen and oxygen atoms in total. The molecule has 0 aromatic heterocycles. The Bertz CT molecular complexity index is 1140. The number of ether oxygens (including phenoxy) is 1. The first kappa shape index (κ1) is 19.9. The standard InChI is InChI=1S/C28H32N2O3/c1-29(16-18-5-3-2-4-6-18)21-11-12-28(32)23-15-20-9-10-22(31)25-24(20)27(28,26(21)33-25)13-14-30(23)17-19-7-8-19/h2-6,9-11,19,23,26,31-32H,7-8,12-17H2,1H3/t23?,26-,27-,28+/m1/s1. The fraction of sp³-hybridized carbons (Fsp3) is 0.500. The van der Waals surface area contributed by atoms with Crippen molar-refractivity contribution >= 4 is 0 Å². The SMILES string of the molecule is CN(Cc1ccccc1)C1=CC[C@]2(O)C3Cc4ccc(O)c5c4[C@]2(CCN3CC2CC2)[C@@H]1O5. The molecule has 0 radical (unpaired) electrons. The molecule has 3 aliphatic carbocycles. The molecule has 2 bridgehead atoms. The van der Waals surface area contributed by atoms with Crippen molar-refractivity contribution in [3.63, 3.8) is 0 Å². The first-order valence-corrected chi connectivity index (χ1v) is 12.4. The Morgan fingerprint density at radius 3 is 2.76 bits per heavy atom. The Hall–Kier alpha value is -2.50. The molecule has 0 amide bonds. The van der Waals surface area contributed by atoms with Crippen molar-refractivity contribution in [1.82, 2.24) is 9.80 Å². The molecule has 1 saturated heterocycles. The highest BCUT2D eigenvalue weighted by Gasteiger charge is 2.72. The van der Waals surface area contributed by atoms with Crippen LogP contribution in [0, 0.1) is 5.92 Å². The fourth-order valence-corrected chi connectivity index (χ4v) is 7.39. The molecule has 2 aromatic carbocycles. The van der Waals surface area contributed by atoms with Gasteiger partial charge in [0.25, 0.3) is 0 Å². The smallest absolute Gasteiger partial charge is 0.166 e. The highest BCUT2D eigenvalue weighted by Crippen LogP contribution is 2.65. The van der Waals surface area contributed by atoms with Crippen molar-refractivity contribution in [1.29, 1.82) is 0 Å². The maximum Gasteiger partial charge on any atom is 0.166 e. The highest BCUT2D eigenvalue weighted by atomic mass is 16.5. The van der Waals surface area contributed by atoms with Gasteiger partial charge < -0.3 is 19.8 Å². The highest BCUT2D eigenvalue weighted by molar-refractivity contribution is 5.64. The number of aliphatic hydroxyl groups is 1. The number of benzene rings is 2. The molecule has 2 aliphatic heterocycles. The van der Waals surface area contributed by atoms with E-state index in [2.05, 4.69) is 53.3 Å². The number of nitrogens with zero attached hydrogens (tertiary/aromatic N) is 2. The Morgan fingerprint density at radius 1 is 1.15 bits per heavy atom. The van der Waals surface area contributed by atoms with Crippen molar-refractivity contribution in [3.8, 4) is 11.5 Å². The lowest BCUT2D eigenvalue weighted by molar-refractivity contribution is -0.166. The Kier molecular flexibility index (Phi) is 4.09. The third-order valence-corrected chi connectivity index (χ3v) is 9.11. The Balaban J connectivity index is 1.34. The number of piperidine rings is 1. The monoisotopic (exact) mass is 444 g/mol. The molecule has 1 saturated carbocycles.